The average molecular weight is 373 g/mol. The lowest BCUT2D eigenvalue weighted by molar-refractivity contribution is -0.0504. The number of carbonyl (C=O) groups is 2. The van der Waals surface area contributed by atoms with Crippen LogP contribution in [0.1, 0.15) is 33.2 Å². The van der Waals surface area contributed by atoms with Gasteiger partial charge in [-0.25, -0.2) is 4.79 Å². The van der Waals surface area contributed by atoms with Crippen LogP contribution in [0.25, 0.3) is 10.9 Å². The minimum absolute atomic E-state index is 0.169. The monoisotopic (exact) mass is 373 g/mol. The lowest BCUT2D eigenvalue weighted by Gasteiger charge is -2.10. The van der Waals surface area contributed by atoms with E-state index in [1.54, 1.807) is 6.20 Å². The number of alkyl halides is 2. The number of para-hydroxylation sites is 2. The van der Waals surface area contributed by atoms with Gasteiger partial charge in [0.1, 0.15) is 11.3 Å². The molecular weight excluding hydrogens is 356 g/mol. The molecule has 1 heterocycles. The fraction of sp³-hybridized carbons (Fsp3) is 0.200. The number of hydrogen-bond donors (Lipinski definition) is 1. The van der Waals surface area contributed by atoms with Crippen LogP contribution in [0, 0.1) is 0 Å². The van der Waals surface area contributed by atoms with Gasteiger partial charge in [-0.1, -0.05) is 37.3 Å². The van der Waals surface area contributed by atoms with Crippen LogP contribution >= 0.6 is 0 Å². The zero-order valence-electron chi connectivity index (χ0n) is 14.5. The van der Waals surface area contributed by atoms with Crippen LogP contribution < -0.4 is 4.74 Å². The van der Waals surface area contributed by atoms with Crippen LogP contribution in [0.2, 0.25) is 0 Å². The molecule has 140 valence electrons. The lowest BCUT2D eigenvalue weighted by atomic mass is 10.1. The Labute approximate surface area is 153 Å². The summed E-state index contributed by atoms with van der Waals surface area (Å²) in [7, 11) is 0. The summed E-state index contributed by atoms with van der Waals surface area (Å²) < 4.78 is 34.2. The molecule has 27 heavy (non-hydrogen) atoms. The molecule has 0 saturated carbocycles. The van der Waals surface area contributed by atoms with E-state index in [0.29, 0.717) is 5.56 Å². The number of nitrogens with one attached hydrogen (secondary N) is 1. The van der Waals surface area contributed by atoms with E-state index in [4.69, 9.17) is 4.74 Å². The van der Waals surface area contributed by atoms with Crippen LogP contribution in [0.5, 0.6) is 5.75 Å². The quantitative estimate of drug-likeness (QED) is 0.493. The third-order valence-corrected chi connectivity index (χ3v) is 4.14. The van der Waals surface area contributed by atoms with Crippen molar-refractivity contribution in [2.24, 2.45) is 0 Å². The fourth-order valence-electron chi connectivity index (χ4n) is 2.86. The summed E-state index contributed by atoms with van der Waals surface area (Å²) in [5.74, 6) is -1.60. The number of rotatable bonds is 7. The second-order valence-electron chi connectivity index (χ2n) is 5.77. The predicted molar refractivity (Wildman–Crippen MR) is 95.4 cm³/mol. The Morgan fingerprint density at radius 2 is 1.85 bits per heavy atom. The van der Waals surface area contributed by atoms with Gasteiger partial charge in [-0.15, -0.1) is 0 Å². The Bertz CT molecular complexity index is 981. The lowest BCUT2D eigenvalue weighted by Crippen LogP contribution is -2.15. The number of carbonyl (C=O) groups excluding carboxylic acids is 2. The Morgan fingerprint density at radius 3 is 2.59 bits per heavy atom. The second kappa shape index (κ2) is 7.99. The highest BCUT2D eigenvalue weighted by Crippen LogP contribution is 2.24. The van der Waals surface area contributed by atoms with Crippen LogP contribution in [-0.4, -0.2) is 30.0 Å². The molecule has 0 aliphatic carbocycles. The Hall–Kier alpha value is -3.22. The van der Waals surface area contributed by atoms with E-state index in [-0.39, 0.29) is 11.3 Å². The topological polar surface area (TPSA) is 68.4 Å². The minimum atomic E-state index is -3.07. The number of hydrogen-bond acceptors (Lipinski definition) is 4. The summed E-state index contributed by atoms with van der Waals surface area (Å²) in [5.41, 5.74) is 2.18. The van der Waals surface area contributed by atoms with Gasteiger partial charge in [-0.2, -0.15) is 8.78 Å². The molecule has 0 radical (unpaired) electrons. The molecule has 7 heteroatoms. The minimum Gasteiger partial charge on any atom is -0.454 e. The van der Waals surface area contributed by atoms with E-state index < -0.39 is 25.0 Å². The molecule has 0 atom stereocenters. The van der Waals surface area contributed by atoms with Crippen molar-refractivity contribution in [1.82, 2.24) is 4.98 Å². The molecule has 0 amide bonds. The number of Topliss-reactive ketones (excluding diaryl/α,β-unsaturated/α-hetero) is 1. The maximum Gasteiger partial charge on any atom is 0.387 e. The van der Waals surface area contributed by atoms with Crippen LogP contribution in [-0.2, 0) is 11.2 Å². The Balaban J connectivity index is 1.74. The summed E-state index contributed by atoms with van der Waals surface area (Å²) in [5, 5.41) is 0.747. The molecule has 3 rings (SSSR count). The van der Waals surface area contributed by atoms with Crippen molar-refractivity contribution in [2.75, 3.05) is 6.61 Å². The molecule has 0 saturated heterocycles. The first-order valence-electron chi connectivity index (χ1n) is 8.34. The summed E-state index contributed by atoms with van der Waals surface area (Å²) >= 11 is 0. The van der Waals surface area contributed by atoms with Gasteiger partial charge in [0.05, 0.1) is 0 Å². The first kappa shape index (κ1) is 18.6. The van der Waals surface area contributed by atoms with Crippen molar-refractivity contribution < 1.29 is 27.8 Å². The molecule has 5 nitrogen and oxygen atoms in total. The summed E-state index contributed by atoms with van der Waals surface area (Å²) in [4.78, 5) is 27.7. The summed E-state index contributed by atoms with van der Waals surface area (Å²) in [6.07, 6.45) is 2.38. The van der Waals surface area contributed by atoms with Crippen LogP contribution in [0.4, 0.5) is 8.78 Å². The van der Waals surface area contributed by atoms with Crippen molar-refractivity contribution >= 4 is 22.7 Å². The SMILES string of the molecule is CCc1cccc2c(C(=O)COC(=O)c3ccccc3OC(F)F)c[nH]c12. The molecule has 0 unspecified atom stereocenters. The Morgan fingerprint density at radius 1 is 1.07 bits per heavy atom. The number of aromatic nitrogens is 1. The molecule has 0 aliphatic rings. The smallest absolute Gasteiger partial charge is 0.387 e. The van der Waals surface area contributed by atoms with E-state index >= 15 is 0 Å². The average Bonchev–Trinajstić information content (AvgIpc) is 3.10. The number of fused-ring (bicyclic) bond motifs is 1. The van der Waals surface area contributed by atoms with Crippen LogP contribution in [0.3, 0.4) is 0 Å². The molecule has 0 bridgehead atoms. The van der Waals surface area contributed by atoms with Crippen molar-refractivity contribution in [3.63, 3.8) is 0 Å². The zero-order valence-corrected chi connectivity index (χ0v) is 14.5. The molecule has 0 aliphatic heterocycles. The zero-order chi connectivity index (χ0) is 19.4. The van der Waals surface area contributed by atoms with E-state index in [1.165, 1.54) is 24.3 Å². The number of esters is 1. The standard InChI is InChI=1S/C20H17F2NO4/c1-2-12-6-5-8-13-15(10-23-18(12)13)16(24)11-26-19(25)14-7-3-4-9-17(14)27-20(21)22/h3-10,20,23H,2,11H2,1H3. The fourth-order valence-corrected chi connectivity index (χ4v) is 2.86. The molecule has 0 spiro atoms. The van der Waals surface area contributed by atoms with Crippen molar-refractivity contribution in [3.05, 3.63) is 65.4 Å². The van der Waals surface area contributed by atoms with Gasteiger partial charge in [-0.05, 0) is 24.1 Å². The van der Waals surface area contributed by atoms with Gasteiger partial charge in [0.2, 0.25) is 5.78 Å². The normalized spacial score (nSPS) is 11.0. The van der Waals surface area contributed by atoms with E-state index in [1.807, 2.05) is 25.1 Å². The molecule has 2 aromatic carbocycles. The second-order valence-corrected chi connectivity index (χ2v) is 5.77. The highest BCUT2D eigenvalue weighted by atomic mass is 19.3. The number of aryl methyl sites for hydroxylation is 1. The summed E-state index contributed by atoms with van der Waals surface area (Å²) in [6.45, 7) is -1.57. The first-order valence-corrected chi connectivity index (χ1v) is 8.34. The number of halogens is 2. The van der Waals surface area contributed by atoms with Crippen LogP contribution in [0.15, 0.2) is 48.7 Å². The molecule has 3 aromatic rings. The van der Waals surface area contributed by atoms with Crippen molar-refractivity contribution in [3.8, 4) is 5.75 Å². The third kappa shape index (κ3) is 3.97. The molecule has 0 fully saturated rings. The van der Waals surface area contributed by atoms with Gasteiger partial charge >= 0.3 is 12.6 Å². The number of benzene rings is 2. The van der Waals surface area contributed by atoms with Crippen molar-refractivity contribution in [1.29, 1.82) is 0 Å². The first-order chi connectivity index (χ1) is 13.0. The highest BCUT2D eigenvalue weighted by Gasteiger charge is 2.19. The van der Waals surface area contributed by atoms with Gasteiger partial charge in [-0.3, -0.25) is 4.79 Å². The molecular formula is C20H17F2NO4. The maximum atomic E-state index is 12.5. The number of ketones is 1. The third-order valence-electron chi connectivity index (χ3n) is 4.14. The number of ether oxygens (including phenoxy) is 2. The molecule has 1 aromatic heterocycles. The largest absolute Gasteiger partial charge is 0.454 e. The maximum absolute atomic E-state index is 12.5. The van der Waals surface area contributed by atoms with Gasteiger partial charge in [0.15, 0.2) is 6.61 Å². The van der Waals surface area contributed by atoms with E-state index in [0.717, 1.165) is 22.9 Å². The molecule has 1 N–H and O–H groups in total. The van der Waals surface area contributed by atoms with E-state index in [2.05, 4.69) is 9.72 Å². The van der Waals surface area contributed by atoms with Gasteiger partial charge in [0, 0.05) is 22.7 Å². The van der Waals surface area contributed by atoms with Crippen molar-refractivity contribution in [2.45, 2.75) is 20.0 Å². The van der Waals surface area contributed by atoms with Gasteiger partial charge in [0.25, 0.3) is 0 Å². The Kier molecular flexibility index (Phi) is 5.49. The predicted octanol–water partition coefficient (Wildman–Crippen LogP) is 4.37. The highest BCUT2D eigenvalue weighted by molar-refractivity contribution is 6.09. The van der Waals surface area contributed by atoms with E-state index in [9.17, 15) is 18.4 Å². The number of aromatic amines is 1. The summed E-state index contributed by atoms with van der Waals surface area (Å²) in [6, 6.07) is 11.1. The number of H-pyrrole nitrogens is 1. The van der Waals surface area contributed by atoms with Gasteiger partial charge < -0.3 is 14.5 Å².